The minimum absolute atomic E-state index is 0. The van der Waals surface area contributed by atoms with Crippen LogP contribution in [0.1, 0.15) is 47.0 Å². The number of nitrogens with two attached hydrogens (primary N) is 2. The summed E-state index contributed by atoms with van der Waals surface area (Å²) in [5.74, 6) is -0.845. The fourth-order valence-electron chi connectivity index (χ4n) is 5.50. The largest absolute Gasteiger partial charge is 0.480 e. The van der Waals surface area contributed by atoms with Crippen LogP contribution in [0.2, 0.25) is 12.6 Å². The number of carboxylic acid groups (broad SMARTS) is 1. The second kappa shape index (κ2) is 15.9. The van der Waals surface area contributed by atoms with Gasteiger partial charge in [0.15, 0.2) is 0 Å². The van der Waals surface area contributed by atoms with Gasteiger partial charge in [0.1, 0.15) is 12.1 Å². The number of hydrogen-bond donors (Lipinski definition) is 9. The van der Waals surface area contributed by atoms with Gasteiger partial charge in [-0.2, -0.15) is 0 Å². The molecule has 36 heavy (non-hydrogen) atoms. The monoisotopic (exact) mass is 518 g/mol. The fourth-order valence-corrected chi connectivity index (χ4v) is 5.50. The average Bonchev–Trinajstić information content (AvgIpc) is 3.29. The second-order valence-electron chi connectivity index (χ2n) is 10.2. The quantitative estimate of drug-likeness (QED) is 0.106. The Bertz CT molecular complexity index is 678. The Balaban J connectivity index is 0.000000663. The molecule has 12 nitrogen and oxygen atoms in total. The lowest BCUT2D eigenvalue weighted by Gasteiger charge is -2.34. The lowest BCUT2D eigenvalue weighted by atomic mass is 9.69. The number of aliphatic carboxylic acids is 1. The first kappa shape index (κ1) is 34.7. The first-order valence-electron chi connectivity index (χ1n) is 12.3. The van der Waals surface area contributed by atoms with E-state index >= 15 is 0 Å². The summed E-state index contributed by atoms with van der Waals surface area (Å²) in [7, 11) is -1.25. The fraction of sp³-hybridized carbons (Fsp3) is 0.909. The van der Waals surface area contributed by atoms with Gasteiger partial charge in [0, 0.05) is 13.1 Å². The van der Waals surface area contributed by atoms with Crippen molar-refractivity contribution in [3.63, 3.8) is 0 Å². The number of methoxy groups -OCH3 is 1. The van der Waals surface area contributed by atoms with Crippen LogP contribution in [0.4, 0.5) is 0 Å². The van der Waals surface area contributed by atoms with Crippen LogP contribution in [0.3, 0.4) is 0 Å². The highest BCUT2D eigenvalue weighted by molar-refractivity contribution is 6.41. The summed E-state index contributed by atoms with van der Waals surface area (Å²) in [6, 6.07) is -0.973. The van der Waals surface area contributed by atoms with Crippen molar-refractivity contribution in [3.05, 3.63) is 0 Å². The summed E-state index contributed by atoms with van der Waals surface area (Å²) in [4.78, 5) is 22.9. The van der Waals surface area contributed by atoms with E-state index in [4.69, 9.17) is 41.4 Å². The molecule has 0 unspecified atom stereocenters. The second-order valence-corrected chi connectivity index (χ2v) is 10.2. The Morgan fingerprint density at radius 2 is 1.28 bits per heavy atom. The van der Waals surface area contributed by atoms with Crippen molar-refractivity contribution in [3.8, 4) is 0 Å². The Labute approximate surface area is 215 Å². The summed E-state index contributed by atoms with van der Waals surface area (Å²) in [6.45, 7) is 6.15. The molecule has 0 bridgehead atoms. The van der Waals surface area contributed by atoms with Crippen LogP contribution in [-0.2, 0) is 14.3 Å². The number of carboxylic acids is 1. The molecule has 11 N–H and O–H groups in total. The van der Waals surface area contributed by atoms with Crippen molar-refractivity contribution in [2.24, 2.45) is 34.1 Å². The SMILES string of the molecule is C.COC(=O)[C@H]1NC[C@H](CN)[C@@]1(C)CCCB(O)O.C[C@@]1(CCCB(O)O)[C@@H](CN)CN[C@@H]1C(=O)O. The zero-order valence-corrected chi connectivity index (χ0v) is 21.2. The predicted molar refractivity (Wildman–Crippen MR) is 140 cm³/mol. The van der Waals surface area contributed by atoms with E-state index in [-0.39, 0.29) is 43.0 Å². The molecule has 14 heteroatoms. The molecule has 2 heterocycles. The van der Waals surface area contributed by atoms with Crippen LogP contribution in [0, 0.1) is 22.7 Å². The third-order valence-electron chi connectivity index (χ3n) is 7.93. The summed E-state index contributed by atoms with van der Waals surface area (Å²) in [5, 5.41) is 50.7. The van der Waals surface area contributed by atoms with Crippen LogP contribution >= 0.6 is 0 Å². The predicted octanol–water partition coefficient (Wildman–Crippen LogP) is -1.52. The number of ether oxygens (including phenoxy) is 1. The van der Waals surface area contributed by atoms with Gasteiger partial charge in [0.2, 0.25) is 0 Å². The smallest absolute Gasteiger partial charge is 0.451 e. The molecule has 0 aromatic carbocycles. The van der Waals surface area contributed by atoms with E-state index in [0.717, 1.165) is 0 Å². The summed E-state index contributed by atoms with van der Waals surface area (Å²) >= 11 is 0. The van der Waals surface area contributed by atoms with E-state index in [1.54, 1.807) is 0 Å². The molecule has 0 amide bonds. The molecular formula is C22H48B2N4O8. The molecule has 2 rings (SSSR count). The molecule has 210 valence electrons. The minimum atomic E-state index is -1.33. The summed E-state index contributed by atoms with van der Waals surface area (Å²) < 4.78 is 4.81. The number of hydrogen-bond acceptors (Lipinski definition) is 11. The Hall–Kier alpha value is -1.25. The molecule has 0 aromatic heterocycles. The number of carbonyl (C=O) groups is 2. The van der Waals surface area contributed by atoms with Crippen LogP contribution in [0.5, 0.6) is 0 Å². The Kier molecular flexibility index (Phi) is 15.3. The van der Waals surface area contributed by atoms with Crippen molar-refractivity contribution in [1.82, 2.24) is 10.6 Å². The zero-order valence-electron chi connectivity index (χ0n) is 21.2. The van der Waals surface area contributed by atoms with Crippen LogP contribution in [0.25, 0.3) is 0 Å². The third kappa shape index (κ3) is 8.95. The molecule has 0 aromatic rings. The van der Waals surface area contributed by atoms with Crippen molar-refractivity contribution < 1.29 is 39.5 Å². The maximum absolute atomic E-state index is 11.8. The molecule has 2 saturated heterocycles. The molecule has 2 fully saturated rings. The molecule has 0 saturated carbocycles. The van der Waals surface area contributed by atoms with Gasteiger partial charge in [-0.05, 0) is 61.2 Å². The highest BCUT2D eigenvalue weighted by atomic mass is 16.5. The first-order chi connectivity index (χ1) is 16.4. The van der Waals surface area contributed by atoms with E-state index in [2.05, 4.69) is 10.6 Å². The standard InChI is InChI=1S/C11H23BN2O4.C10H21BN2O4.CH4/c1-11(4-3-5-12(16)17)8(6-13)7-14-9(11)10(15)18-2;1-10(3-2-4-11(16)17)7(5-12)6-13-8(10)9(14)15;/h8-9,14,16-17H,3-7,13H2,1-2H3;7-8,13,16-17H,2-6,12H2,1H3,(H,14,15);1H4/t8-,9+,11+;7-,8+,10+;/m00./s1. The zero-order chi connectivity index (χ0) is 26.8. The maximum Gasteiger partial charge on any atom is 0.451 e. The Morgan fingerprint density at radius 3 is 1.61 bits per heavy atom. The lowest BCUT2D eigenvalue weighted by Crippen LogP contribution is -2.45. The third-order valence-corrected chi connectivity index (χ3v) is 7.93. The molecular weight excluding hydrogens is 470 g/mol. The number of rotatable bonds is 12. The summed E-state index contributed by atoms with van der Waals surface area (Å²) in [6.07, 6.45) is 3.12. The van der Waals surface area contributed by atoms with E-state index in [1.807, 2.05) is 13.8 Å². The molecule has 6 atom stereocenters. The number of carbonyl (C=O) groups excluding carboxylic acids is 1. The van der Waals surface area contributed by atoms with Gasteiger partial charge >= 0.3 is 26.2 Å². The molecule has 2 aliphatic heterocycles. The first-order valence-corrected chi connectivity index (χ1v) is 12.3. The molecule has 0 aliphatic carbocycles. The maximum atomic E-state index is 11.8. The number of nitrogens with one attached hydrogen (secondary N) is 2. The van der Waals surface area contributed by atoms with Gasteiger partial charge in [-0.1, -0.05) is 34.1 Å². The minimum Gasteiger partial charge on any atom is -0.480 e. The Morgan fingerprint density at radius 1 is 0.889 bits per heavy atom. The highest BCUT2D eigenvalue weighted by Crippen LogP contribution is 2.41. The van der Waals surface area contributed by atoms with Crippen LogP contribution in [-0.4, -0.2) is 96.8 Å². The van der Waals surface area contributed by atoms with Crippen LogP contribution in [0.15, 0.2) is 0 Å². The summed E-state index contributed by atoms with van der Waals surface area (Å²) in [5.41, 5.74) is 10.7. The van der Waals surface area contributed by atoms with Gasteiger partial charge in [-0.15, -0.1) is 0 Å². The van der Waals surface area contributed by atoms with Crippen LogP contribution < -0.4 is 22.1 Å². The van der Waals surface area contributed by atoms with E-state index < -0.39 is 31.7 Å². The van der Waals surface area contributed by atoms with E-state index in [0.29, 0.717) is 58.2 Å². The number of esters is 1. The molecule has 2 aliphatic rings. The molecule has 0 radical (unpaired) electrons. The van der Waals surface area contributed by atoms with E-state index in [9.17, 15) is 9.59 Å². The van der Waals surface area contributed by atoms with Crippen molar-refractivity contribution in [2.45, 2.75) is 71.7 Å². The normalized spacial score (nSPS) is 31.1. The van der Waals surface area contributed by atoms with Crippen molar-refractivity contribution >= 4 is 26.2 Å². The molecule has 0 spiro atoms. The van der Waals surface area contributed by atoms with Gasteiger partial charge < -0.3 is 52.0 Å². The van der Waals surface area contributed by atoms with Gasteiger partial charge in [0.25, 0.3) is 0 Å². The van der Waals surface area contributed by atoms with E-state index in [1.165, 1.54) is 7.11 Å². The van der Waals surface area contributed by atoms with Crippen molar-refractivity contribution in [2.75, 3.05) is 33.3 Å². The lowest BCUT2D eigenvalue weighted by molar-refractivity contribution is -0.146. The topological polar surface area (TPSA) is 221 Å². The van der Waals surface area contributed by atoms with Gasteiger partial charge in [0.05, 0.1) is 7.11 Å². The highest BCUT2D eigenvalue weighted by Gasteiger charge is 2.50. The van der Waals surface area contributed by atoms with Gasteiger partial charge in [-0.3, -0.25) is 9.59 Å². The van der Waals surface area contributed by atoms with Crippen molar-refractivity contribution in [1.29, 1.82) is 0 Å². The van der Waals surface area contributed by atoms with Gasteiger partial charge in [-0.25, -0.2) is 0 Å². The average molecular weight is 518 g/mol.